The van der Waals surface area contributed by atoms with E-state index in [9.17, 15) is 0 Å². The second-order valence-electron chi connectivity index (χ2n) is 10.0. The molecular weight excluding hydrogens is 435 g/mol. The minimum Gasteiger partial charge on any atom is -0.399 e. The molecule has 0 bridgehead atoms. The summed E-state index contributed by atoms with van der Waals surface area (Å²) in [6.45, 7) is 8.41. The largest absolute Gasteiger partial charge is 0.495 e. The lowest BCUT2D eigenvalue weighted by molar-refractivity contribution is 0.00578. The van der Waals surface area contributed by atoms with E-state index in [0.29, 0.717) is 0 Å². The van der Waals surface area contributed by atoms with Crippen molar-refractivity contribution >= 4 is 44.1 Å². The van der Waals surface area contributed by atoms with Crippen molar-refractivity contribution < 1.29 is 9.31 Å². The molecule has 2 nitrogen and oxygen atoms in total. The molecule has 4 aromatic carbocycles. The summed E-state index contributed by atoms with van der Waals surface area (Å²) in [6, 6.07) is 32.5. The number of thiophene rings is 1. The summed E-state index contributed by atoms with van der Waals surface area (Å²) in [5.74, 6) is 0. The van der Waals surface area contributed by atoms with Crippen LogP contribution in [-0.4, -0.2) is 18.3 Å². The van der Waals surface area contributed by atoms with Crippen LogP contribution in [0, 0.1) is 0 Å². The second-order valence-corrected chi connectivity index (χ2v) is 11.1. The first-order valence-corrected chi connectivity index (χ1v) is 12.6. The molecule has 0 saturated carbocycles. The van der Waals surface area contributed by atoms with Gasteiger partial charge >= 0.3 is 7.12 Å². The number of benzene rings is 4. The molecule has 1 fully saturated rings. The Labute approximate surface area is 205 Å². The van der Waals surface area contributed by atoms with Crippen LogP contribution in [0.4, 0.5) is 0 Å². The van der Waals surface area contributed by atoms with Crippen molar-refractivity contribution in [3.05, 3.63) is 91.0 Å². The minimum absolute atomic E-state index is 0.382. The van der Waals surface area contributed by atoms with Gasteiger partial charge in [-0.2, -0.15) is 0 Å². The van der Waals surface area contributed by atoms with E-state index in [1.165, 1.54) is 36.9 Å². The van der Waals surface area contributed by atoms with E-state index in [4.69, 9.17) is 9.31 Å². The molecule has 0 atom stereocenters. The highest BCUT2D eigenvalue weighted by molar-refractivity contribution is 7.26. The molecule has 4 heteroatoms. The van der Waals surface area contributed by atoms with Crippen LogP contribution in [-0.2, 0) is 9.31 Å². The molecule has 6 rings (SSSR count). The number of hydrogen-bond acceptors (Lipinski definition) is 3. The van der Waals surface area contributed by atoms with Crippen molar-refractivity contribution in [2.45, 2.75) is 38.9 Å². The van der Waals surface area contributed by atoms with E-state index >= 15 is 0 Å². The van der Waals surface area contributed by atoms with E-state index in [0.717, 1.165) is 11.0 Å². The van der Waals surface area contributed by atoms with Gasteiger partial charge in [0.1, 0.15) is 0 Å². The fourth-order valence-corrected chi connectivity index (χ4v) is 6.06. The Hall–Kier alpha value is -2.92. The maximum absolute atomic E-state index is 6.45. The van der Waals surface area contributed by atoms with Crippen molar-refractivity contribution in [3.8, 4) is 22.3 Å². The number of hydrogen-bond donors (Lipinski definition) is 0. The smallest absolute Gasteiger partial charge is 0.399 e. The standard InChI is InChI=1S/C30H27BO2S/c1-29(2)30(3,4)33-31(32-29)26-18-9-7-14-22(26)20-12-5-6-13-21(20)24-16-11-17-25-23-15-8-10-19-27(23)34-28(24)25/h5-19H,1-4H3. The zero-order valence-corrected chi connectivity index (χ0v) is 20.8. The maximum atomic E-state index is 6.45. The third kappa shape index (κ3) is 3.32. The van der Waals surface area contributed by atoms with E-state index < -0.39 is 7.12 Å². The Morgan fingerprint density at radius 2 is 1.09 bits per heavy atom. The molecule has 0 spiro atoms. The van der Waals surface area contributed by atoms with Crippen molar-refractivity contribution in [1.82, 2.24) is 0 Å². The normalized spacial score (nSPS) is 17.0. The van der Waals surface area contributed by atoms with E-state index in [-0.39, 0.29) is 11.2 Å². The SMILES string of the molecule is CC1(C)OB(c2ccccc2-c2ccccc2-c2cccc3c2sc2ccccc23)OC1(C)C. The van der Waals surface area contributed by atoms with E-state index in [1.807, 2.05) is 11.3 Å². The highest BCUT2D eigenvalue weighted by Gasteiger charge is 2.52. The highest BCUT2D eigenvalue weighted by Crippen LogP contribution is 2.43. The van der Waals surface area contributed by atoms with Gasteiger partial charge in [0.05, 0.1) is 11.2 Å². The third-order valence-corrected chi connectivity index (χ3v) is 8.60. The van der Waals surface area contributed by atoms with Gasteiger partial charge in [0.25, 0.3) is 0 Å². The zero-order valence-electron chi connectivity index (χ0n) is 20.0. The average molecular weight is 462 g/mol. The summed E-state index contributed by atoms with van der Waals surface area (Å²) in [6.07, 6.45) is 0. The van der Waals surface area contributed by atoms with Crippen LogP contribution in [0.25, 0.3) is 42.4 Å². The lowest BCUT2D eigenvalue weighted by atomic mass is 9.73. The van der Waals surface area contributed by atoms with Crippen LogP contribution in [0.1, 0.15) is 27.7 Å². The Morgan fingerprint density at radius 1 is 0.559 bits per heavy atom. The quantitative estimate of drug-likeness (QED) is 0.256. The molecule has 0 radical (unpaired) electrons. The summed E-state index contributed by atoms with van der Waals surface area (Å²) in [4.78, 5) is 0. The summed E-state index contributed by atoms with van der Waals surface area (Å²) < 4.78 is 15.5. The number of fused-ring (bicyclic) bond motifs is 3. The molecule has 2 heterocycles. The molecule has 168 valence electrons. The monoisotopic (exact) mass is 462 g/mol. The maximum Gasteiger partial charge on any atom is 0.495 e. The molecule has 1 saturated heterocycles. The van der Waals surface area contributed by atoms with Crippen molar-refractivity contribution in [1.29, 1.82) is 0 Å². The Morgan fingerprint density at radius 3 is 1.82 bits per heavy atom. The van der Waals surface area contributed by atoms with Crippen LogP contribution in [0.2, 0.25) is 0 Å². The lowest BCUT2D eigenvalue weighted by Gasteiger charge is -2.32. The minimum atomic E-state index is -0.408. The summed E-state index contributed by atoms with van der Waals surface area (Å²) >= 11 is 1.87. The van der Waals surface area contributed by atoms with Gasteiger partial charge in [-0.3, -0.25) is 0 Å². The molecular formula is C30H27BO2S. The van der Waals surface area contributed by atoms with Crippen LogP contribution >= 0.6 is 11.3 Å². The Kier molecular flexibility index (Phi) is 4.96. The molecule has 0 aliphatic carbocycles. The first kappa shape index (κ1) is 21.6. The van der Waals surface area contributed by atoms with Gasteiger partial charge in [0.15, 0.2) is 0 Å². The van der Waals surface area contributed by atoms with Gasteiger partial charge < -0.3 is 9.31 Å². The van der Waals surface area contributed by atoms with Crippen molar-refractivity contribution in [3.63, 3.8) is 0 Å². The molecule has 1 aliphatic rings. The molecule has 0 N–H and O–H groups in total. The van der Waals surface area contributed by atoms with Gasteiger partial charge in [-0.05, 0) is 55.9 Å². The molecule has 0 amide bonds. The van der Waals surface area contributed by atoms with E-state index in [1.54, 1.807) is 0 Å². The fraction of sp³-hybridized carbons (Fsp3) is 0.200. The fourth-order valence-electron chi connectivity index (χ4n) is 4.83. The first-order valence-electron chi connectivity index (χ1n) is 11.8. The molecule has 1 aliphatic heterocycles. The molecule has 34 heavy (non-hydrogen) atoms. The zero-order chi connectivity index (χ0) is 23.5. The predicted octanol–water partition coefficient (Wildman–Crippen LogP) is 7.69. The van der Waals surface area contributed by atoms with Gasteiger partial charge in [-0.1, -0.05) is 84.9 Å². The van der Waals surface area contributed by atoms with Gasteiger partial charge in [-0.15, -0.1) is 11.3 Å². The van der Waals surface area contributed by atoms with Crippen LogP contribution in [0.5, 0.6) is 0 Å². The Balaban J connectivity index is 1.54. The first-order chi connectivity index (χ1) is 16.4. The molecule has 0 unspecified atom stereocenters. The topological polar surface area (TPSA) is 18.5 Å². The van der Waals surface area contributed by atoms with Crippen LogP contribution < -0.4 is 5.46 Å². The number of rotatable bonds is 3. The van der Waals surface area contributed by atoms with Crippen LogP contribution in [0.3, 0.4) is 0 Å². The van der Waals surface area contributed by atoms with Crippen LogP contribution in [0.15, 0.2) is 91.0 Å². The lowest BCUT2D eigenvalue weighted by Crippen LogP contribution is -2.41. The van der Waals surface area contributed by atoms with Crippen molar-refractivity contribution in [2.75, 3.05) is 0 Å². The van der Waals surface area contributed by atoms with Gasteiger partial charge in [0.2, 0.25) is 0 Å². The molecule has 1 aromatic heterocycles. The third-order valence-electron chi connectivity index (χ3n) is 7.38. The van der Waals surface area contributed by atoms with E-state index in [2.05, 4.69) is 119 Å². The summed E-state index contributed by atoms with van der Waals surface area (Å²) in [7, 11) is -0.408. The summed E-state index contributed by atoms with van der Waals surface area (Å²) in [5, 5.41) is 2.63. The van der Waals surface area contributed by atoms with Crippen molar-refractivity contribution in [2.24, 2.45) is 0 Å². The van der Waals surface area contributed by atoms with Gasteiger partial charge in [0, 0.05) is 25.7 Å². The van der Waals surface area contributed by atoms with Gasteiger partial charge in [-0.25, -0.2) is 0 Å². The Bertz CT molecular complexity index is 1520. The predicted molar refractivity (Wildman–Crippen MR) is 146 cm³/mol. The molecule has 5 aromatic rings. The highest BCUT2D eigenvalue weighted by atomic mass is 32.1. The average Bonchev–Trinajstić information content (AvgIpc) is 3.32. The second kappa shape index (κ2) is 7.81. The summed E-state index contributed by atoms with van der Waals surface area (Å²) in [5.41, 5.74) is 5.13.